The minimum atomic E-state index is -0.688. The van der Waals surface area contributed by atoms with Gasteiger partial charge < -0.3 is 15.4 Å². The van der Waals surface area contributed by atoms with Crippen LogP contribution in [-0.2, 0) is 28.1 Å². The Balaban J connectivity index is 1.17. The smallest absolute Gasteiger partial charge is 0.412 e. The number of aromatic nitrogens is 2. The lowest BCUT2D eigenvalue weighted by Gasteiger charge is -2.27. The lowest BCUT2D eigenvalue weighted by molar-refractivity contribution is -0.124. The molecule has 2 aliphatic rings. The molecule has 1 aromatic heterocycles. The number of carbonyl (C=O) groups is 2. The molecule has 2 aromatic carbocycles. The van der Waals surface area contributed by atoms with E-state index in [4.69, 9.17) is 16.3 Å². The van der Waals surface area contributed by atoms with E-state index in [0.717, 1.165) is 30.4 Å². The van der Waals surface area contributed by atoms with E-state index in [1.165, 1.54) is 10.9 Å². The molecule has 1 saturated carbocycles. The van der Waals surface area contributed by atoms with E-state index in [0.29, 0.717) is 17.8 Å². The topological polar surface area (TPSA) is 127 Å². The van der Waals surface area contributed by atoms with Crippen molar-refractivity contribution in [3.63, 3.8) is 0 Å². The van der Waals surface area contributed by atoms with Gasteiger partial charge in [-0.25, -0.2) is 14.8 Å². The van der Waals surface area contributed by atoms with Crippen molar-refractivity contribution in [2.75, 3.05) is 5.32 Å². The molecule has 0 bridgehead atoms. The Bertz CT molecular complexity index is 1500. The van der Waals surface area contributed by atoms with Gasteiger partial charge in [0.25, 0.3) is 5.56 Å². The third-order valence-corrected chi connectivity index (χ3v) is 7.75. The Morgan fingerprint density at radius 2 is 1.85 bits per heavy atom. The predicted molar refractivity (Wildman–Crippen MR) is 158 cm³/mol. The molecule has 2 heterocycles. The van der Waals surface area contributed by atoms with Crippen LogP contribution in [0.2, 0.25) is 5.15 Å². The molecule has 1 aliphatic carbocycles. The molecule has 0 unspecified atom stereocenters. The highest BCUT2D eigenvalue weighted by atomic mass is 35.5. The summed E-state index contributed by atoms with van der Waals surface area (Å²) < 4.78 is 6.66. The number of hydrogen-bond acceptors (Lipinski definition) is 7. The van der Waals surface area contributed by atoms with Crippen molar-refractivity contribution >= 4 is 41.4 Å². The number of fused-ring (bicyclic) bond motifs is 1. The maximum atomic E-state index is 13.4. The van der Waals surface area contributed by atoms with Crippen LogP contribution in [0, 0.1) is 0 Å². The quantitative estimate of drug-likeness (QED) is 0.243. The first-order chi connectivity index (χ1) is 19.7. The molecule has 5 rings (SSSR count). The summed E-state index contributed by atoms with van der Waals surface area (Å²) in [6.07, 6.45) is 4.20. The molecule has 1 atom stereocenters. The fourth-order valence-corrected chi connectivity index (χ4v) is 5.50. The maximum Gasteiger partial charge on any atom is 0.412 e. The number of rotatable bonds is 9. The van der Waals surface area contributed by atoms with Crippen molar-refractivity contribution in [2.24, 2.45) is 4.99 Å². The van der Waals surface area contributed by atoms with Gasteiger partial charge in [0.05, 0.1) is 17.7 Å². The summed E-state index contributed by atoms with van der Waals surface area (Å²) >= 11 is 6.54. The third kappa shape index (κ3) is 6.59. The largest absolute Gasteiger partial charge is 0.444 e. The Kier molecular flexibility index (Phi) is 8.39. The van der Waals surface area contributed by atoms with Crippen LogP contribution in [-0.4, -0.2) is 33.9 Å². The van der Waals surface area contributed by atoms with Crippen LogP contribution in [0.1, 0.15) is 62.4 Å². The number of amides is 2. The first-order valence-corrected chi connectivity index (χ1v) is 14.0. The molecule has 0 saturated heterocycles. The highest BCUT2D eigenvalue weighted by Crippen LogP contribution is 2.43. The van der Waals surface area contributed by atoms with E-state index in [1.807, 2.05) is 56.3 Å². The van der Waals surface area contributed by atoms with Gasteiger partial charge in [-0.3, -0.25) is 19.5 Å². The molecular formula is C30H33ClN6O4. The van der Waals surface area contributed by atoms with E-state index >= 15 is 0 Å². The number of aliphatic imine (C=N–C) groups is 1. The van der Waals surface area contributed by atoms with Crippen LogP contribution in [0.15, 0.2) is 64.4 Å². The van der Waals surface area contributed by atoms with Crippen molar-refractivity contribution in [1.29, 1.82) is 0 Å². The zero-order valence-corrected chi connectivity index (χ0v) is 23.8. The molecule has 3 N–H and O–H groups in total. The Morgan fingerprint density at radius 1 is 1.12 bits per heavy atom. The lowest BCUT2D eigenvalue weighted by Crippen LogP contribution is -2.38. The number of nitrogens with one attached hydrogen (secondary N) is 3. The van der Waals surface area contributed by atoms with E-state index in [1.54, 1.807) is 12.1 Å². The van der Waals surface area contributed by atoms with Gasteiger partial charge in [0.1, 0.15) is 12.6 Å². The molecule has 11 heteroatoms. The third-order valence-electron chi connectivity index (χ3n) is 7.48. The number of halogens is 1. The lowest BCUT2D eigenvalue weighted by atomic mass is 9.87. The highest BCUT2D eigenvalue weighted by molar-refractivity contribution is 6.30. The van der Waals surface area contributed by atoms with Gasteiger partial charge in [-0.05, 0) is 48.9 Å². The van der Waals surface area contributed by atoms with Gasteiger partial charge in [0.15, 0.2) is 11.0 Å². The minimum absolute atomic E-state index is 0.169. The van der Waals surface area contributed by atoms with Gasteiger partial charge in [-0.15, -0.1) is 0 Å². The standard InChI is InChI=1S/C30H33ClN6O4/c1-30(2)15-23(37-24(30)25(31)36-26(28(37)39)35-22-9-6-10-22)27(38)32-16-19-11-13-21(14-12-19)33-18-34-29(40)41-17-20-7-4-3-5-8-20/h3-5,7-8,11-14,18,22-23H,6,9-10,15-17H2,1-2H3,(H,32,38)(H,35,36)(H,33,34,40)/t23-/m0/s1. The van der Waals surface area contributed by atoms with Crippen molar-refractivity contribution in [1.82, 2.24) is 20.2 Å². The van der Waals surface area contributed by atoms with Crippen LogP contribution >= 0.6 is 11.6 Å². The second kappa shape index (κ2) is 12.1. The summed E-state index contributed by atoms with van der Waals surface area (Å²) in [5.74, 6) is -0.0508. The van der Waals surface area contributed by atoms with Gasteiger partial charge in [-0.1, -0.05) is 67.9 Å². The SMILES string of the molecule is CC1(C)C[C@@H](C(=O)NCc2ccc(N=CNC(=O)OCc3ccccc3)cc2)n2c1c(Cl)nc(NC1CCC1)c2=O. The monoisotopic (exact) mass is 576 g/mol. The summed E-state index contributed by atoms with van der Waals surface area (Å²) in [4.78, 5) is 47.1. The first-order valence-electron chi connectivity index (χ1n) is 13.7. The number of carbonyl (C=O) groups excluding carboxylic acids is 2. The van der Waals surface area contributed by atoms with Gasteiger partial charge >= 0.3 is 6.09 Å². The number of anilines is 1. The highest BCUT2D eigenvalue weighted by Gasteiger charge is 2.44. The Hall–Kier alpha value is -4.18. The van der Waals surface area contributed by atoms with Crippen LogP contribution in [0.3, 0.4) is 0 Å². The Morgan fingerprint density at radius 3 is 2.54 bits per heavy atom. The number of hydrogen-bond donors (Lipinski definition) is 3. The van der Waals surface area contributed by atoms with Gasteiger partial charge in [-0.2, -0.15) is 0 Å². The van der Waals surface area contributed by atoms with E-state index in [9.17, 15) is 14.4 Å². The zero-order chi connectivity index (χ0) is 29.0. The van der Waals surface area contributed by atoms with Crippen LogP contribution < -0.4 is 21.5 Å². The molecular weight excluding hydrogens is 544 g/mol. The van der Waals surface area contributed by atoms with Gasteiger partial charge in [0.2, 0.25) is 5.91 Å². The first kappa shape index (κ1) is 28.4. The van der Waals surface area contributed by atoms with Crippen molar-refractivity contribution in [3.05, 3.63) is 86.9 Å². The fraction of sp³-hybridized carbons (Fsp3) is 0.367. The maximum absolute atomic E-state index is 13.4. The molecule has 1 fully saturated rings. The summed E-state index contributed by atoms with van der Waals surface area (Å²) in [5.41, 5.74) is 2.15. The molecule has 41 heavy (non-hydrogen) atoms. The summed E-state index contributed by atoms with van der Waals surface area (Å²) in [7, 11) is 0. The number of alkyl carbamates (subject to hydrolysis) is 1. The van der Waals surface area contributed by atoms with Crippen LogP contribution in [0.25, 0.3) is 0 Å². The number of nitrogens with zero attached hydrogens (tertiary/aromatic N) is 3. The molecule has 10 nitrogen and oxygen atoms in total. The van der Waals surface area contributed by atoms with Gasteiger partial charge in [0, 0.05) is 18.0 Å². The molecule has 214 valence electrons. The van der Waals surface area contributed by atoms with Crippen LogP contribution in [0.5, 0.6) is 0 Å². The van der Waals surface area contributed by atoms with Crippen molar-refractivity contribution < 1.29 is 14.3 Å². The molecule has 3 aromatic rings. The minimum Gasteiger partial charge on any atom is -0.444 e. The van der Waals surface area contributed by atoms with Crippen molar-refractivity contribution in [2.45, 2.75) is 70.2 Å². The van der Waals surface area contributed by atoms with E-state index < -0.39 is 17.6 Å². The number of benzene rings is 2. The van der Waals surface area contributed by atoms with Crippen molar-refractivity contribution in [3.8, 4) is 0 Å². The predicted octanol–water partition coefficient (Wildman–Crippen LogP) is 4.99. The molecule has 0 radical (unpaired) electrons. The number of ether oxygens (including phenoxy) is 1. The molecule has 1 aliphatic heterocycles. The second-order valence-corrected chi connectivity index (χ2v) is 11.4. The fourth-order valence-electron chi connectivity index (χ4n) is 5.07. The molecule has 2 amide bonds. The molecule has 0 spiro atoms. The normalized spacial score (nSPS) is 17.5. The average Bonchev–Trinajstić information content (AvgIpc) is 3.24. The van der Waals surface area contributed by atoms with E-state index in [-0.39, 0.29) is 41.6 Å². The summed E-state index contributed by atoms with van der Waals surface area (Å²) in [6, 6.07) is 16.1. The van der Waals surface area contributed by atoms with Crippen LogP contribution in [0.4, 0.5) is 16.3 Å². The zero-order valence-electron chi connectivity index (χ0n) is 23.0. The van der Waals surface area contributed by atoms with E-state index in [2.05, 4.69) is 25.9 Å². The summed E-state index contributed by atoms with van der Waals surface area (Å²) in [6.45, 7) is 4.38. The summed E-state index contributed by atoms with van der Waals surface area (Å²) in [5, 5.41) is 8.88. The second-order valence-electron chi connectivity index (χ2n) is 11.0. The average molecular weight is 577 g/mol. The Labute approximate surface area is 243 Å².